The van der Waals surface area contributed by atoms with Gasteiger partial charge in [-0.2, -0.15) is 0 Å². The topological polar surface area (TPSA) is 52.6 Å². The lowest BCUT2D eigenvalue weighted by molar-refractivity contribution is 0.0739. The van der Waals surface area contributed by atoms with Crippen LogP contribution in [0.2, 0.25) is 0 Å². The number of nitrogens with zero attached hydrogens (tertiary/aromatic N) is 5. The fourth-order valence-electron chi connectivity index (χ4n) is 4.47. The van der Waals surface area contributed by atoms with E-state index in [1.54, 1.807) is 0 Å². The van der Waals surface area contributed by atoms with Gasteiger partial charge in [0.25, 0.3) is 5.91 Å². The molecule has 3 heterocycles. The Morgan fingerprint density at radius 3 is 2.55 bits per heavy atom. The molecule has 2 aliphatic rings. The molecule has 29 heavy (non-hydrogen) atoms. The molecule has 4 rings (SSSR count). The minimum atomic E-state index is -0.0152. The number of benzene rings is 1. The first-order chi connectivity index (χ1) is 14.2. The van der Waals surface area contributed by atoms with E-state index in [-0.39, 0.29) is 5.91 Å². The van der Waals surface area contributed by atoms with Gasteiger partial charge in [0, 0.05) is 44.5 Å². The standard InChI is InChI=1S/C23H31N5O/c1-3-19-8-4-5-12-28(19)22-11-10-21(24-25-22)23(29)27-15-13-26(14-16-27)20-9-6-7-18(2)17-20/h6-7,9-11,17,19H,3-5,8,12-16H2,1-2H3. The molecule has 2 aliphatic heterocycles. The summed E-state index contributed by atoms with van der Waals surface area (Å²) in [5.41, 5.74) is 2.94. The Morgan fingerprint density at radius 1 is 1.03 bits per heavy atom. The van der Waals surface area contributed by atoms with Crippen molar-refractivity contribution in [1.29, 1.82) is 0 Å². The third kappa shape index (κ3) is 4.36. The Labute approximate surface area is 173 Å². The van der Waals surface area contributed by atoms with Crippen LogP contribution in [0.5, 0.6) is 0 Å². The Balaban J connectivity index is 1.37. The smallest absolute Gasteiger partial charge is 0.274 e. The summed E-state index contributed by atoms with van der Waals surface area (Å²) in [6.07, 6.45) is 4.81. The molecule has 0 aliphatic carbocycles. The summed E-state index contributed by atoms with van der Waals surface area (Å²) in [5.74, 6) is 0.885. The number of rotatable bonds is 4. The van der Waals surface area contributed by atoms with E-state index in [9.17, 15) is 4.79 Å². The van der Waals surface area contributed by atoms with Crippen molar-refractivity contribution in [2.24, 2.45) is 0 Å². The molecule has 1 aromatic heterocycles. The molecule has 0 N–H and O–H groups in total. The molecule has 2 fully saturated rings. The minimum Gasteiger partial charge on any atom is -0.368 e. The van der Waals surface area contributed by atoms with Crippen molar-refractivity contribution in [2.75, 3.05) is 42.5 Å². The van der Waals surface area contributed by atoms with E-state index in [1.165, 1.54) is 30.5 Å². The molecule has 0 radical (unpaired) electrons. The normalized spacial score (nSPS) is 20.1. The summed E-state index contributed by atoms with van der Waals surface area (Å²) in [5, 5.41) is 8.70. The molecule has 0 spiro atoms. The number of hydrogen-bond acceptors (Lipinski definition) is 5. The van der Waals surface area contributed by atoms with Crippen molar-refractivity contribution in [2.45, 2.75) is 45.6 Å². The lowest BCUT2D eigenvalue weighted by Gasteiger charge is -2.36. The summed E-state index contributed by atoms with van der Waals surface area (Å²) >= 11 is 0. The number of carbonyl (C=O) groups is 1. The van der Waals surface area contributed by atoms with Gasteiger partial charge < -0.3 is 14.7 Å². The van der Waals surface area contributed by atoms with Gasteiger partial charge in [0.1, 0.15) is 0 Å². The molecule has 1 atom stereocenters. The molecule has 0 saturated carbocycles. The fraction of sp³-hybridized carbons (Fsp3) is 0.522. The zero-order valence-electron chi connectivity index (χ0n) is 17.5. The molecule has 1 unspecified atom stereocenters. The summed E-state index contributed by atoms with van der Waals surface area (Å²) in [4.78, 5) is 19.5. The predicted octanol–water partition coefficient (Wildman–Crippen LogP) is 3.52. The average Bonchev–Trinajstić information content (AvgIpc) is 2.79. The van der Waals surface area contributed by atoms with Crippen LogP contribution < -0.4 is 9.80 Å². The third-order valence-electron chi connectivity index (χ3n) is 6.20. The number of aryl methyl sites for hydroxylation is 1. The monoisotopic (exact) mass is 393 g/mol. The van der Waals surface area contributed by atoms with Crippen LogP contribution >= 0.6 is 0 Å². The molecule has 1 aromatic carbocycles. The van der Waals surface area contributed by atoms with Crippen LogP contribution in [0.15, 0.2) is 36.4 Å². The van der Waals surface area contributed by atoms with Crippen molar-refractivity contribution >= 4 is 17.4 Å². The quantitative estimate of drug-likeness (QED) is 0.796. The zero-order chi connectivity index (χ0) is 20.2. The predicted molar refractivity (Wildman–Crippen MR) is 117 cm³/mol. The first kappa shape index (κ1) is 19.7. The maximum atomic E-state index is 12.9. The van der Waals surface area contributed by atoms with Crippen LogP contribution in [0.1, 0.15) is 48.7 Å². The number of carbonyl (C=O) groups excluding carboxylic acids is 1. The fourth-order valence-corrected chi connectivity index (χ4v) is 4.47. The molecule has 6 heteroatoms. The van der Waals surface area contributed by atoms with E-state index in [4.69, 9.17) is 0 Å². The summed E-state index contributed by atoms with van der Waals surface area (Å²) in [6.45, 7) is 8.46. The SMILES string of the molecule is CCC1CCCCN1c1ccc(C(=O)N2CCN(c3cccc(C)c3)CC2)nn1. The van der Waals surface area contributed by atoms with Gasteiger partial charge in [-0.1, -0.05) is 19.1 Å². The number of piperazine rings is 1. The van der Waals surface area contributed by atoms with Crippen LogP contribution in [0.4, 0.5) is 11.5 Å². The average molecular weight is 394 g/mol. The Hall–Kier alpha value is -2.63. The second-order valence-electron chi connectivity index (χ2n) is 8.15. The number of amides is 1. The lowest BCUT2D eigenvalue weighted by atomic mass is 10.0. The first-order valence-corrected chi connectivity index (χ1v) is 10.9. The molecule has 0 bridgehead atoms. The number of piperidine rings is 1. The number of aromatic nitrogens is 2. The molecule has 2 aromatic rings. The highest BCUT2D eigenvalue weighted by Gasteiger charge is 2.25. The summed E-state index contributed by atoms with van der Waals surface area (Å²) in [7, 11) is 0. The van der Waals surface area contributed by atoms with E-state index in [0.29, 0.717) is 24.8 Å². The second kappa shape index (κ2) is 8.80. The van der Waals surface area contributed by atoms with E-state index < -0.39 is 0 Å². The van der Waals surface area contributed by atoms with Crippen molar-refractivity contribution in [3.05, 3.63) is 47.7 Å². The second-order valence-corrected chi connectivity index (χ2v) is 8.15. The minimum absolute atomic E-state index is 0.0152. The first-order valence-electron chi connectivity index (χ1n) is 10.9. The molecular formula is C23H31N5O. The van der Waals surface area contributed by atoms with Gasteiger partial charge in [-0.15, -0.1) is 10.2 Å². The maximum absolute atomic E-state index is 12.9. The van der Waals surface area contributed by atoms with Crippen LogP contribution in [-0.2, 0) is 0 Å². The van der Waals surface area contributed by atoms with Gasteiger partial charge in [0.05, 0.1) is 0 Å². The van der Waals surface area contributed by atoms with Crippen LogP contribution in [-0.4, -0.2) is 59.8 Å². The molecule has 154 valence electrons. The highest BCUT2D eigenvalue weighted by Crippen LogP contribution is 2.25. The largest absolute Gasteiger partial charge is 0.368 e. The third-order valence-corrected chi connectivity index (χ3v) is 6.20. The van der Waals surface area contributed by atoms with Crippen LogP contribution in [0.3, 0.4) is 0 Å². The number of anilines is 2. The maximum Gasteiger partial charge on any atom is 0.274 e. The van der Waals surface area contributed by atoms with E-state index in [0.717, 1.165) is 31.9 Å². The Morgan fingerprint density at radius 2 is 1.86 bits per heavy atom. The van der Waals surface area contributed by atoms with Crippen molar-refractivity contribution in [3.8, 4) is 0 Å². The van der Waals surface area contributed by atoms with Crippen molar-refractivity contribution in [1.82, 2.24) is 15.1 Å². The molecular weight excluding hydrogens is 362 g/mol. The van der Waals surface area contributed by atoms with Crippen LogP contribution in [0, 0.1) is 6.92 Å². The van der Waals surface area contributed by atoms with Gasteiger partial charge in [-0.3, -0.25) is 4.79 Å². The summed E-state index contributed by atoms with van der Waals surface area (Å²) < 4.78 is 0. The Kier molecular flexibility index (Phi) is 5.97. The lowest BCUT2D eigenvalue weighted by Crippen LogP contribution is -2.49. The van der Waals surface area contributed by atoms with Crippen LogP contribution in [0.25, 0.3) is 0 Å². The Bertz CT molecular complexity index is 829. The van der Waals surface area contributed by atoms with Crippen molar-refractivity contribution in [3.63, 3.8) is 0 Å². The molecule has 2 saturated heterocycles. The van der Waals surface area contributed by atoms with E-state index in [2.05, 4.69) is 58.1 Å². The van der Waals surface area contributed by atoms with Gasteiger partial charge in [0.15, 0.2) is 11.5 Å². The molecule has 6 nitrogen and oxygen atoms in total. The van der Waals surface area contributed by atoms with Crippen molar-refractivity contribution < 1.29 is 4.79 Å². The van der Waals surface area contributed by atoms with Gasteiger partial charge >= 0.3 is 0 Å². The van der Waals surface area contributed by atoms with Gasteiger partial charge in [0.2, 0.25) is 0 Å². The highest BCUT2D eigenvalue weighted by atomic mass is 16.2. The van der Waals surface area contributed by atoms with Gasteiger partial charge in [-0.25, -0.2) is 0 Å². The van der Waals surface area contributed by atoms with Gasteiger partial charge in [-0.05, 0) is 62.4 Å². The van der Waals surface area contributed by atoms with E-state index >= 15 is 0 Å². The molecule has 1 amide bonds. The highest BCUT2D eigenvalue weighted by molar-refractivity contribution is 5.92. The zero-order valence-corrected chi connectivity index (χ0v) is 17.5. The number of hydrogen-bond donors (Lipinski definition) is 0. The summed E-state index contributed by atoms with van der Waals surface area (Å²) in [6, 6.07) is 12.9. The van der Waals surface area contributed by atoms with E-state index in [1.807, 2.05) is 17.0 Å².